The zero-order chi connectivity index (χ0) is 33.2. The third-order valence-electron chi connectivity index (χ3n) is 13.1. The zero-order valence-corrected chi connectivity index (χ0v) is 27.8. The number of aliphatic hydroxyl groups excluding tert-OH is 2. The standard InChI is InChI=1S/C37H50F2O6/c1-19(2)25(22-14-23(38)16-24(39)15-22)8-9-26(34(43)44)32-28-17-30(42)33-35(5)12-11-29(41)20(3)27(35)10-13-36(33,6)37(28,7)18-31(32)45-21(4)40/h14-16,20,27-31,33,41-42H,8-13,17-18H2,1-7H3,(H,43,44)/t20-,27?,28+,29+,30+,31-,33+,35-,36-,37-/m0/s1. The maximum atomic E-state index is 14.2. The smallest absolute Gasteiger partial charge is 0.331 e. The molecule has 248 valence electrons. The van der Waals surface area contributed by atoms with Crippen LogP contribution in [-0.4, -0.2) is 45.6 Å². The van der Waals surface area contributed by atoms with Crippen molar-refractivity contribution in [3.8, 4) is 0 Å². The van der Waals surface area contributed by atoms with Gasteiger partial charge in [0.25, 0.3) is 0 Å². The van der Waals surface area contributed by atoms with E-state index in [1.54, 1.807) is 0 Å². The summed E-state index contributed by atoms with van der Waals surface area (Å²) in [5.74, 6) is -2.97. The van der Waals surface area contributed by atoms with Crippen molar-refractivity contribution >= 4 is 17.5 Å². The molecule has 4 aliphatic rings. The van der Waals surface area contributed by atoms with Gasteiger partial charge >= 0.3 is 11.9 Å². The second-order valence-electron chi connectivity index (χ2n) is 15.5. The lowest BCUT2D eigenvalue weighted by molar-refractivity contribution is -0.234. The van der Waals surface area contributed by atoms with Crippen molar-refractivity contribution in [3.63, 3.8) is 0 Å². The van der Waals surface area contributed by atoms with Gasteiger partial charge in [0, 0.05) is 18.6 Å². The predicted octanol–water partition coefficient (Wildman–Crippen LogP) is 7.47. The van der Waals surface area contributed by atoms with Gasteiger partial charge in [0.2, 0.25) is 0 Å². The average molecular weight is 629 g/mol. The van der Waals surface area contributed by atoms with E-state index in [0.29, 0.717) is 36.0 Å². The van der Waals surface area contributed by atoms with E-state index in [-0.39, 0.29) is 59.0 Å². The minimum atomic E-state index is -1.11. The first-order chi connectivity index (χ1) is 20.9. The number of carboxylic acids is 1. The first-order valence-electron chi connectivity index (χ1n) is 16.6. The molecule has 8 heteroatoms. The molecule has 1 aromatic carbocycles. The van der Waals surface area contributed by atoms with E-state index in [0.717, 1.165) is 30.9 Å². The van der Waals surface area contributed by atoms with Crippen molar-refractivity contribution in [2.45, 2.75) is 118 Å². The third-order valence-corrected chi connectivity index (χ3v) is 13.1. The summed E-state index contributed by atoms with van der Waals surface area (Å²) < 4.78 is 34.2. The number of esters is 1. The number of aliphatic hydroxyl groups is 2. The summed E-state index contributed by atoms with van der Waals surface area (Å²) >= 11 is 0. The highest BCUT2D eigenvalue weighted by Gasteiger charge is 2.70. The molecule has 45 heavy (non-hydrogen) atoms. The van der Waals surface area contributed by atoms with Crippen molar-refractivity contribution in [2.24, 2.45) is 39.9 Å². The molecule has 1 aromatic rings. The van der Waals surface area contributed by atoms with Crippen LogP contribution in [0.3, 0.4) is 0 Å². The number of halogens is 2. The summed E-state index contributed by atoms with van der Waals surface area (Å²) in [6, 6.07) is 3.33. The molecule has 3 N–H and O–H groups in total. The Kier molecular flexibility index (Phi) is 8.93. The number of rotatable bonds is 6. The van der Waals surface area contributed by atoms with Crippen LogP contribution in [-0.2, 0) is 14.3 Å². The summed E-state index contributed by atoms with van der Waals surface area (Å²) in [4.78, 5) is 25.5. The molecule has 0 spiro atoms. The van der Waals surface area contributed by atoms with Gasteiger partial charge in [-0.05, 0) is 134 Å². The highest BCUT2D eigenvalue weighted by atomic mass is 19.1. The van der Waals surface area contributed by atoms with Gasteiger partial charge in [0.15, 0.2) is 0 Å². The van der Waals surface area contributed by atoms with E-state index in [2.05, 4.69) is 27.7 Å². The molecule has 1 unspecified atom stereocenters. The molecule has 4 saturated carbocycles. The quantitative estimate of drug-likeness (QED) is 0.223. The van der Waals surface area contributed by atoms with Crippen molar-refractivity contribution in [1.29, 1.82) is 0 Å². The number of carbonyl (C=O) groups excluding carboxylic acids is 1. The number of hydrogen-bond acceptors (Lipinski definition) is 5. The first-order valence-corrected chi connectivity index (χ1v) is 16.6. The van der Waals surface area contributed by atoms with Gasteiger partial charge in [-0.3, -0.25) is 4.79 Å². The number of aliphatic carboxylic acids is 1. The van der Waals surface area contributed by atoms with Crippen LogP contribution in [0.25, 0.3) is 5.57 Å². The zero-order valence-electron chi connectivity index (χ0n) is 27.8. The Morgan fingerprint density at radius 2 is 1.58 bits per heavy atom. The average Bonchev–Trinajstić information content (AvgIpc) is 3.19. The second-order valence-corrected chi connectivity index (χ2v) is 15.5. The maximum absolute atomic E-state index is 14.2. The molecule has 0 radical (unpaired) electrons. The Hall–Kier alpha value is -2.58. The van der Waals surface area contributed by atoms with Crippen LogP contribution in [0.5, 0.6) is 0 Å². The van der Waals surface area contributed by atoms with E-state index in [1.165, 1.54) is 19.1 Å². The lowest BCUT2D eigenvalue weighted by Crippen LogP contribution is -2.65. The fourth-order valence-corrected chi connectivity index (χ4v) is 10.9. The molecule has 6 nitrogen and oxygen atoms in total. The van der Waals surface area contributed by atoms with Crippen molar-refractivity contribution < 1.29 is 38.4 Å². The first kappa shape index (κ1) is 33.8. The largest absolute Gasteiger partial charge is 0.478 e. The SMILES string of the molecule is CC(=O)O[C@H]1C[C@@]2(C)[C@H](C[C@@H](O)[C@@H]3[C@@]4(C)CC[C@@H](O)[C@@H](C)C4CC[C@@]32C)C1=C(CCC(=C(C)C)c1cc(F)cc(F)c1)C(=O)O. The summed E-state index contributed by atoms with van der Waals surface area (Å²) in [6.45, 7) is 13.9. The summed E-state index contributed by atoms with van der Waals surface area (Å²) in [7, 11) is 0. The van der Waals surface area contributed by atoms with Gasteiger partial charge in [-0.25, -0.2) is 13.6 Å². The van der Waals surface area contributed by atoms with Crippen molar-refractivity contribution in [2.75, 3.05) is 0 Å². The van der Waals surface area contributed by atoms with E-state index in [9.17, 15) is 33.7 Å². The van der Waals surface area contributed by atoms with Gasteiger partial charge in [-0.1, -0.05) is 33.3 Å². The summed E-state index contributed by atoms with van der Waals surface area (Å²) in [6.07, 6.45) is 2.62. The Morgan fingerprint density at radius 1 is 0.933 bits per heavy atom. The number of fused-ring (bicyclic) bond motifs is 5. The minimum absolute atomic E-state index is 0.0503. The molecule has 0 amide bonds. The topological polar surface area (TPSA) is 104 Å². The van der Waals surface area contributed by atoms with Crippen LogP contribution in [0, 0.1) is 51.6 Å². The molecule has 4 aliphatic carbocycles. The molecule has 10 atom stereocenters. The lowest BCUT2D eigenvalue weighted by Gasteiger charge is -2.69. The number of carboxylic acid groups (broad SMARTS) is 1. The van der Waals surface area contributed by atoms with E-state index in [4.69, 9.17) is 4.74 Å². The molecule has 0 saturated heterocycles. The van der Waals surface area contributed by atoms with E-state index >= 15 is 0 Å². The number of hydrogen-bond donors (Lipinski definition) is 3. The van der Waals surface area contributed by atoms with Crippen molar-refractivity contribution in [1.82, 2.24) is 0 Å². The number of ether oxygens (including phenoxy) is 1. The normalized spacial score (nSPS) is 40.1. The minimum Gasteiger partial charge on any atom is -0.478 e. The molecule has 0 heterocycles. The van der Waals surface area contributed by atoms with Crippen LogP contribution < -0.4 is 0 Å². The van der Waals surface area contributed by atoms with Gasteiger partial charge in [0.1, 0.15) is 17.7 Å². The monoisotopic (exact) mass is 628 g/mol. The fraction of sp³-hybridized carbons (Fsp3) is 0.676. The number of allylic oxidation sites excluding steroid dienone is 2. The Balaban J connectivity index is 1.58. The molecule has 0 bridgehead atoms. The number of carbonyl (C=O) groups is 2. The highest BCUT2D eigenvalue weighted by Crippen LogP contribution is 2.74. The van der Waals surface area contributed by atoms with Gasteiger partial charge in [0.05, 0.1) is 12.2 Å². The molecule has 4 fully saturated rings. The highest BCUT2D eigenvalue weighted by molar-refractivity contribution is 5.89. The molecular weight excluding hydrogens is 578 g/mol. The van der Waals surface area contributed by atoms with Crippen LogP contribution in [0.4, 0.5) is 8.78 Å². The fourth-order valence-electron chi connectivity index (χ4n) is 10.9. The predicted molar refractivity (Wildman–Crippen MR) is 168 cm³/mol. The van der Waals surface area contributed by atoms with Gasteiger partial charge < -0.3 is 20.1 Å². The molecular formula is C37H50F2O6. The molecule has 5 rings (SSSR count). The van der Waals surface area contributed by atoms with Gasteiger partial charge in [-0.15, -0.1) is 0 Å². The van der Waals surface area contributed by atoms with Crippen LogP contribution in [0.1, 0.15) is 105 Å². The second kappa shape index (κ2) is 11.9. The Morgan fingerprint density at radius 3 is 2.16 bits per heavy atom. The third kappa shape index (κ3) is 5.48. The van der Waals surface area contributed by atoms with Crippen LogP contribution in [0.15, 0.2) is 34.9 Å². The van der Waals surface area contributed by atoms with Crippen LogP contribution in [0.2, 0.25) is 0 Å². The molecule has 0 aromatic heterocycles. The van der Waals surface area contributed by atoms with E-state index < -0.39 is 41.2 Å². The Bertz CT molecular complexity index is 1410. The van der Waals surface area contributed by atoms with Crippen molar-refractivity contribution in [3.05, 3.63) is 52.1 Å². The Labute approximate surface area is 265 Å². The summed E-state index contributed by atoms with van der Waals surface area (Å²) in [5.41, 5.74) is 1.57. The maximum Gasteiger partial charge on any atom is 0.331 e. The van der Waals surface area contributed by atoms with Crippen LogP contribution >= 0.6 is 0 Å². The molecule has 0 aliphatic heterocycles. The lowest BCUT2D eigenvalue weighted by atomic mass is 9.36. The summed E-state index contributed by atoms with van der Waals surface area (Å²) in [5, 5.41) is 33.5. The van der Waals surface area contributed by atoms with Gasteiger partial charge in [-0.2, -0.15) is 0 Å². The number of benzene rings is 1. The van der Waals surface area contributed by atoms with E-state index in [1.807, 2.05) is 13.8 Å².